The molecule has 0 aliphatic heterocycles. The highest BCUT2D eigenvalue weighted by Gasteiger charge is 2.20. The molecule has 1 N–H and O–H groups in total. The molecule has 3 rings (SSSR count). The Bertz CT molecular complexity index is 1170. The number of carbonyl (C=O) groups is 1. The van der Waals surface area contributed by atoms with Crippen molar-refractivity contribution in [3.05, 3.63) is 80.4 Å². The number of halogens is 1. The largest absolute Gasteiger partial charge is 0.495 e. The number of hydrogen-bond donors (Lipinski definition) is 1. The van der Waals surface area contributed by atoms with Gasteiger partial charge in [-0.2, -0.15) is 9.78 Å². The highest BCUT2D eigenvalue weighted by molar-refractivity contribution is 6.03. The monoisotopic (exact) mass is 384 g/mol. The van der Waals surface area contributed by atoms with Gasteiger partial charge in [0.05, 0.1) is 18.5 Å². The second kappa shape index (κ2) is 7.47. The van der Waals surface area contributed by atoms with Gasteiger partial charge in [0, 0.05) is 7.05 Å². The molecule has 0 fully saturated rings. The van der Waals surface area contributed by atoms with Crippen molar-refractivity contribution in [2.75, 3.05) is 12.4 Å². The summed E-state index contributed by atoms with van der Waals surface area (Å²) in [6.45, 7) is 1.83. The first-order valence-corrected chi connectivity index (χ1v) is 8.24. The molecule has 0 saturated heterocycles. The second-order valence-corrected chi connectivity index (χ2v) is 6.04. The van der Waals surface area contributed by atoms with Crippen LogP contribution in [0.5, 0.6) is 5.75 Å². The second-order valence-electron chi connectivity index (χ2n) is 6.04. The maximum Gasteiger partial charge on any atom is 0.351 e. The minimum atomic E-state index is -0.854. The van der Waals surface area contributed by atoms with Gasteiger partial charge in [-0.3, -0.25) is 14.2 Å². The average molecular weight is 384 g/mol. The molecule has 3 aromatic rings. The molecule has 1 amide bonds. The molecule has 0 atom stereocenters. The minimum absolute atomic E-state index is 0.212. The van der Waals surface area contributed by atoms with Crippen molar-refractivity contribution in [2.24, 2.45) is 7.05 Å². The van der Waals surface area contributed by atoms with Crippen LogP contribution in [-0.4, -0.2) is 27.4 Å². The van der Waals surface area contributed by atoms with Gasteiger partial charge >= 0.3 is 5.69 Å². The number of methoxy groups -OCH3 is 1. The number of anilines is 1. The van der Waals surface area contributed by atoms with Crippen molar-refractivity contribution in [3.63, 3.8) is 0 Å². The van der Waals surface area contributed by atoms with Gasteiger partial charge in [-0.1, -0.05) is 6.07 Å². The fourth-order valence-corrected chi connectivity index (χ4v) is 2.57. The lowest BCUT2D eigenvalue weighted by atomic mass is 10.2. The van der Waals surface area contributed by atoms with Crippen LogP contribution in [-0.2, 0) is 7.05 Å². The number of nitrogens with zero attached hydrogens (tertiary/aromatic N) is 3. The molecule has 0 bridgehead atoms. The number of amides is 1. The first-order valence-electron chi connectivity index (χ1n) is 8.24. The van der Waals surface area contributed by atoms with Crippen LogP contribution in [0, 0.1) is 12.7 Å². The highest BCUT2D eigenvalue weighted by atomic mass is 19.1. The summed E-state index contributed by atoms with van der Waals surface area (Å²) in [7, 11) is 2.68. The minimum Gasteiger partial charge on any atom is -0.495 e. The zero-order chi connectivity index (χ0) is 20.4. The zero-order valence-electron chi connectivity index (χ0n) is 15.4. The molecule has 0 radical (unpaired) electrons. The molecule has 9 heteroatoms. The van der Waals surface area contributed by atoms with E-state index in [4.69, 9.17) is 4.74 Å². The van der Waals surface area contributed by atoms with Gasteiger partial charge in [0.15, 0.2) is 0 Å². The first kappa shape index (κ1) is 19.0. The molecule has 0 saturated carbocycles. The van der Waals surface area contributed by atoms with Crippen LogP contribution in [0.2, 0.25) is 0 Å². The summed E-state index contributed by atoms with van der Waals surface area (Å²) >= 11 is 0. The van der Waals surface area contributed by atoms with E-state index in [0.29, 0.717) is 11.4 Å². The fraction of sp³-hybridized carbons (Fsp3) is 0.158. The summed E-state index contributed by atoms with van der Waals surface area (Å²) < 4.78 is 20.0. The molecular weight excluding hydrogens is 367 g/mol. The average Bonchev–Trinajstić information content (AvgIpc) is 2.67. The molecule has 144 valence electrons. The normalized spacial score (nSPS) is 10.6. The molecule has 1 heterocycles. The van der Waals surface area contributed by atoms with Gasteiger partial charge in [-0.15, -0.1) is 0 Å². The van der Waals surface area contributed by atoms with Gasteiger partial charge in [-0.25, -0.2) is 9.18 Å². The smallest absolute Gasteiger partial charge is 0.351 e. The Balaban J connectivity index is 2.08. The third-order valence-corrected chi connectivity index (χ3v) is 4.06. The number of nitrogens with one attached hydrogen (secondary N) is 1. The van der Waals surface area contributed by atoms with Gasteiger partial charge < -0.3 is 10.1 Å². The third kappa shape index (κ3) is 3.54. The molecule has 8 nitrogen and oxygen atoms in total. The Labute approximate surface area is 158 Å². The summed E-state index contributed by atoms with van der Waals surface area (Å²) in [6.07, 6.45) is 0. The van der Waals surface area contributed by atoms with E-state index in [1.807, 2.05) is 6.92 Å². The molecule has 0 aliphatic carbocycles. The molecule has 0 spiro atoms. The van der Waals surface area contributed by atoms with Crippen LogP contribution >= 0.6 is 0 Å². The number of benzene rings is 2. The predicted molar refractivity (Wildman–Crippen MR) is 101 cm³/mol. The lowest BCUT2D eigenvalue weighted by Gasteiger charge is -2.12. The molecule has 0 aliphatic rings. The highest BCUT2D eigenvalue weighted by Crippen LogP contribution is 2.25. The number of carbonyl (C=O) groups excluding carboxylic acids is 1. The lowest BCUT2D eigenvalue weighted by molar-refractivity contribution is 0.101. The standard InChI is InChI=1S/C19H17FN4O4/c1-11-4-9-15(28-3)14(10-11)21-17(25)16-18(26)23(2)19(27)24(22-16)13-7-5-12(20)6-8-13/h4-10H,1-3H3,(H,21,25). The van der Waals surface area contributed by atoms with E-state index in [-0.39, 0.29) is 5.69 Å². The van der Waals surface area contributed by atoms with Gasteiger partial charge in [0.25, 0.3) is 11.5 Å². The number of aromatic nitrogens is 3. The van der Waals surface area contributed by atoms with E-state index in [0.717, 1.165) is 26.9 Å². The Morgan fingerprint density at radius 1 is 1.14 bits per heavy atom. The maximum atomic E-state index is 13.2. The number of aryl methyl sites for hydroxylation is 1. The number of rotatable bonds is 4. The zero-order valence-corrected chi connectivity index (χ0v) is 15.4. The Morgan fingerprint density at radius 3 is 2.46 bits per heavy atom. The Hall–Kier alpha value is -3.75. The van der Waals surface area contributed by atoms with Crippen molar-refractivity contribution < 1.29 is 13.9 Å². The predicted octanol–water partition coefficient (Wildman–Crippen LogP) is 1.64. The fourth-order valence-electron chi connectivity index (χ4n) is 2.57. The van der Waals surface area contributed by atoms with Crippen LogP contribution in [0.25, 0.3) is 5.69 Å². The van der Waals surface area contributed by atoms with Crippen LogP contribution in [0.3, 0.4) is 0 Å². The summed E-state index contributed by atoms with van der Waals surface area (Å²) in [4.78, 5) is 37.5. The van der Waals surface area contributed by atoms with E-state index in [9.17, 15) is 18.8 Å². The van der Waals surface area contributed by atoms with Gasteiger partial charge in [-0.05, 0) is 48.9 Å². The SMILES string of the molecule is COc1ccc(C)cc1NC(=O)c1nn(-c2ccc(F)cc2)c(=O)n(C)c1=O. The topological polar surface area (TPSA) is 95.2 Å². The van der Waals surface area contributed by atoms with Crippen molar-refractivity contribution >= 4 is 11.6 Å². The van der Waals surface area contributed by atoms with Gasteiger partial charge in [0.1, 0.15) is 11.6 Å². The summed E-state index contributed by atoms with van der Waals surface area (Å²) in [5.74, 6) is -0.894. The quantitative estimate of drug-likeness (QED) is 0.738. The van der Waals surface area contributed by atoms with Crippen LogP contribution in [0.1, 0.15) is 16.1 Å². The first-order chi connectivity index (χ1) is 13.3. The van der Waals surface area contributed by atoms with Gasteiger partial charge in [0.2, 0.25) is 5.69 Å². The van der Waals surface area contributed by atoms with Crippen LogP contribution in [0.4, 0.5) is 10.1 Å². The molecule has 0 unspecified atom stereocenters. The van der Waals surface area contributed by atoms with Crippen LogP contribution < -0.4 is 21.3 Å². The van der Waals surface area contributed by atoms with Crippen molar-refractivity contribution in [1.82, 2.24) is 14.3 Å². The van der Waals surface area contributed by atoms with Crippen molar-refractivity contribution in [2.45, 2.75) is 6.92 Å². The third-order valence-electron chi connectivity index (χ3n) is 4.06. The van der Waals surface area contributed by atoms with E-state index in [1.165, 1.54) is 26.3 Å². The van der Waals surface area contributed by atoms with E-state index in [1.54, 1.807) is 18.2 Å². The molecular formula is C19H17FN4O4. The summed E-state index contributed by atoms with van der Waals surface area (Å²) in [5, 5.41) is 6.48. The van der Waals surface area contributed by atoms with E-state index < -0.39 is 28.7 Å². The molecule has 28 heavy (non-hydrogen) atoms. The van der Waals surface area contributed by atoms with Crippen molar-refractivity contribution in [1.29, 1.82) is 0 Å². The molecule has 2 aromatic carbocycles. The number of hydrogen-bond acceptors (Lipinski definition) is 5. The van der Waals surface area contributed by atoms with E-state index >= 15 is 0 Å². The van der Waals surface area contributed by atoms with Crippen LogP contribution in [0.15, 0.2) is 52.1 Å². The Morgan fingerprint density at radius 2 is 1.82 bits per heavy atom. The van der Waals surface area contributed by atoms with Crippen molar-refractivity contribution in [3.8, 4) is 11.4 Å². The summed E-state index contributed by atoms with van der Waals surface area (Å²) in [5.41, 5.74) is -0.669. The summed E-state index contributed by atoms with van der Waals surface area (Å²) in [6, 6.07) is 10.1. The number of ether oxygens (including phenoxy) is 1. The lowest BCUT2D eigenvalue weighted by Crippen LogP contribution is -2.43. The van der Waals surface area contributed by atoms with E-state index in [2.05, 4.69) is 10.4 Å². The maximum absolute atomic E-state index is 13.2. The molecule has 1 aromatic heterocycles. The Kier molecular flexibility index (Phi) is 5.08.